The number of fused-ring (bicyclic) bond motifs is 1. The van der Waals surface area contributed by atoms with Gasteiger partial charge in [0.2, 0.25) is 0 Å². The predicted molar refractivity (Wildman–Crippen MR) is 77.4 cm³/mol. The molecule has 2 heterocycles. The third-order valence-corrected chi connectivity index (χ3v) is 4.17. The lowest BCUT2D eigenvalue weighted by atomic mass is 9.85. The Morgan fingerprint density at radius 1 is 1.20 bits per heavy atom. The SMILES string of the molecule is CCNC1CCOC(C)(c2ccc3c(c2)OCCO3)C1. The fraction of sp³-hybridized carbons (Fsp3) is 0.625. The van der Waals surface area contributed by atoms with Gasteiger partial charge in [0, 0.05) is 12.6 Å². The maximum Gasteiger partial charge on any atom is 0.161 e. The first kappa shape index (κ1) is 13.7. The van der Waals surface area contributed by atoms with Crippen LogP contribution in [0.15, 0.2) is 18.2 Å². The highest BCUT2D eigenvalue weighted by Crippen LogP contribution is 2.39. The molecule has 0 bridgehead atoms. The second kappa shape index (κ2) is 5.62. The van der Waals surface area contributed by atoms with Gasteiger partial charge >= 0.3 is 0 Å². The number of benzene rings is 1. The molecule has 4 nitrogen and oxygen atoms in total. The Morgan fingerprint density at radius 2 is 2.00 bits per heavy atom. The van der Waals surface area contributed by atoms with Gasteiger partial charge in [-0.25, -0.2) is 0 Å². The van der Waals surface area contributed by atoms with Crippen molar-refractivity contribution in [3.63, 3.8) is 0 Å². The molecule has 3 rings (SSSR count). The first-order chi connectivity index (χ1) is 9.71. The molecule has 1 aromatic carbocycles. The fourth-order valence-electron chi connectivity index (χ4n) is 3.09. The van der Waals surface area contributed by atoms with Gasteiger partial charge < -0.3 is 19.5 Å². The summed E-state index contributed by atoms with van der Waals surface area (Å²) < 4.78 is 17.3. The van der Waals surface area contributed by atoms with E-state index in [0.717, 1.165) is 37.5 Å². The lowest BCUT2D eigenvalue weighted by molar-refractivity contribution is -0.0812. The highest BCUT2D eigenvalue weighted by atomic mass is 16.6. The van der Waals surface area contributed by atoms with Gasteiger partial charge in [-0.2, -0.15) is 0 Å². The van der Waals surface area contributed by atoms with Gasteiger partial charge in [0.1, 0.15) is 13.2 Å². The minimum absolute atomic E-state index is 0.249. The Labute approximate surface area is 120 Å². The smallest absolute Gasteiger partial charge is 0.161 e. The Bertz CT molecular complexity index is 475. The lowest BCUT2D eigenvalue weighted by Crippen LogP contribution is -2.43. The summed E-state index contributed by atoms with van der Waals surface area (Å²) in [6.45, 7) is 7.36. The van der Waals surface area contributed by atoms with Gasteiger partial charge in [-0.1, -0.05) is 13.0 Å². The summed E-state index contributed by atoms with van der Waals surface area (Å²) in [7, 11) is 0. The molecule has 2 unspecified atom stereocenters. The molecule has 0 aromatic heterocycles. The van der Waals surface area contributed by atoms with E-state index in [9.17, 15) is 0 Å². The average molecular weight is 277 g/mol. The summed E-state index contributed by atoms with van der Waals surface area (Å²) in [5.41, 5.74) is 0.922. The molecular weight excluding hydrogens is 254 g/mol. The lowest BCUT2D eigenvalue weighted by Gasteiger charge is -2.39. The topological polar surface area (TPSA) is 39.7 Å². The maximum atomic E-state index is 6.08. The number of ether oxygens (including phenoxy) is 3. The summed E-state index contributed by atoms with van der Waals surface area (Å²) in [6.07, 6.45) is 2.06. The molecule has 2 aliphatic rings. The molecule has 0 saturated carbocycles. The van der Waals surface area contributed by atoms with Crippen molar-refractivity contribution >= 4 is 0 Å². The van der Waals surface area contributed by atoms with E-state index in [2.05, 4.69) is 31.3 Å². The van der Waals surface area contributed by atoms with Crippen molar-refractivity contribution in [2.24, 2.45) is 0 Å². The van der Waals surface area contributed by atoms with Gasteiger partial charge in [0.15, 0.2) is 11.5 Å². The van der Waals surface area contributed by atoms with Crippen molar-refractivity contribution < 1.29 is 14.2 Å². The van der Waals surface area contributed by atoms with Gasteiger partial charge in [0.25, 0.3) is 0 Å². The number of nitrogens with one attached hydrogen (secondary N) is 1. The molecule has 2 aliphatic heterocycles. The van der Waals surface area contributed by atoms with Crippen molar-refractivity contribution in [2.45, 2.75) is 38.3 Å². The van der Waals surface area contributed by atoms with Crippen LogP contribution in [-0.4, -0.2) is 32.4 Å². The molecule has 2 atom stereocenters. The molecule has 1 fully saturated rings. The number of rotatable bonds is 3. The molecule has 110 valence electrons. The van der Waals surface area contributed by atoms with Crippen LogP contribution in [0.2, 0.25) is 0 Å². The Hall–Kier alpha value is -1.26. The maximum absolute atomic E-state index is 6.08. The van der Waals surface area contributed by atoms with Crippen LogP contribution in [0.5, 0.6) is 11.5 Å². The minimum Gasteiger partial charge on any atom is -0.486 e. The van der Waals surface area contributed by atoms with Crippen LogP contribution in [0.25, 0.3) is 0 Å². The Morgan fingerprint density at radius 3 is 2.80 bits per heavy atom. The minimum atomic E-state index is -0.249. The fourth-order valence-corrected chi connectivity index (χ4v) is 3.09. The van der Waals surface area contributed by atoms with Crippen molar-refractivity contribution in [3.05, 3.63) is 23.8 Å². The van der Waals surface area contributed by atoms with Gasteiger partial charge in [0.05, 0.1) is 5.60 Å². The van der Waals surface area contributed by atoms with Crippen LogP contribution < -0.4 is 14.8 Å². The van der Waals surface area contributed by atoms with E-state index in [0.29, 0.717) is 19.3 Å². The van der Waals surface area contributed by atoms with Crippen LogP contribution in [0, 0.1) is 0 Å². The molecule has 1 saturated heterocycles. The summed E-state index contributed by atoms with van der Waals surface area (Å²) in [5, 5.41) is 3.54. The molecule has 20 heavy (non-hydrogen) atoms. The number of hydrogen-bond donors (Lipinski definition) is 1. The van der Waals surface area contributed by atoms with Crippen molar-refractivity contribution in [1.29, 1.82) is 0 Å². The molecule has 1 N–H and O–H groups in total. The monoisotopic (exact) mass is 277 g/mol. The second-order valence-corrected chi connectivity index (χ2v) is 5.69. The first-order valence-corrected chi connectivity index (χ1v) is 7.49. The zero-order chi connectivity index (χ0) is 14.0. The average Bonchev–Trinajstić information content (AvgIpc) is 2.47. The van der Waals surface area contributed by atoms with E-state index in [1.165, 1.54) is 5.56 Å². The molecular formula is C16H23NO3. The molecule has 4 heteroatoms. The van der Waals surface area contributed by atoms with Crippen LogP contribution in [-0.2, 0) is 10.3 Å². The van der Waals surface area contributed by atoms with Crippen molar-refractivity contribution in [3.8, 4) is 11.5 Å². The zero-order valence-corrected chi connectivity index (χ0v) is 12.3. The summed E-state index contributed by atoms with van der Waals surface area (Å²) >= 11 is 0. The first-order valence-electron chi connectivity index (χ1n) is 7.49. The molecule has 0 spiro atoms. The molecule has 0 radical (unpaired) electrons. The van der Waals surface area contributed by atoms with E-state index in [1.54, 1.807) is 0 Å². The Kier molecular flexibility index (Phi) is 3.85. The highest BCUT2D eigenvalue weighted by Gasteiger charge is 2.35. The highest BCUT2D eigenvalue weighted by molar-refractivity contribution is 5.45. The van der Waals surface area contributed by atoms with E-state index in [1.807, 2.05) is 6.07 Å². The molecule has 0 amide bonds. The van der Waals surface area contributed by atoms with Gasteiger partial charge in [-0.05, 0) is 44.0 Å². The molecule has 0 aliphatic carbocycles. The van der Waals surface area contributed by atoms with Crippen LogP contribution in [0.3, 0.4) is 0 Å². The normalized spacial score (nSPS) is 29.2. The third kappa shape index (κ3) is 2.63. The van der Waals surface area contributed by atoms with E-state index in [-0.39, 0.29) is 5.60 Å². The van der Waals surface area contributed by atoms with Crippen LogP contribution in [0.4, 0.5) is 0 Å². The largest absolute Gasteiger partial charge is 0.486 e. The van der Waals surface area contributed by atoms with E-state index >= 15 is 0 Å². The zero-order valence-electron chi connectivity index (χ0n) is 12.3. The van der Waals surface area contributed by atoms with Crippen LogP contribution >= 0.6 is 0 Å². The quantitative estimate of drug-likeness (QED) is 0.921. The van der Waals surface area contributed by atoms with Gasteiger partial charge in [-0.3, -0.25) is 0 Å². The predicted octanol–water partition coefficient (Wildman–Crippen LogP) is 2.46. The summed E-state index contributed by atoms with van der Waals surface area (Å²) in [4.78, 5) is 0. The molecule has 1 aromatic rings. The van der Waals surface area contributed by atoms with Crippen molar-refractivity contribution in [1.82, 2.24) is 5.32 Å². The Balaban J connectivity index is 1.83. The van der Waals surface area contributed by atoms with E-state index < -0.39 is 0 Å². The third-order valence-electron chi connectivity index (χ3n) is 4.17. The van der Waals surface area contributed by atoms with E-state index in [4.69, 9.17) is 14.2 Å². The standard InChI is InChI=1S/C16H23NO3/c1-3-17-13-6-7-20-16(2,11-13)12-4-5-14-15(10-12)19-9-8-18-14/h4-5,10,13,17H,3,6-9,11H2,1-2H3. The second-order valence-electron chi connectivity index (χ2n) is 5.69. The van der Waals surface area contributed by atoms with Gasteiger partial charge in [-0.15, -0.1) is 0 Å². The van der Waals surface area contributed by atoms with Crippen LogP contribution in [0.1, 0.15) is 32.3 Å². The summed E-state index contributed by atoms with van der Waals surface area (Å²) in [6, 6.07) is 6.69. The van der Waals surface area contributed by atoms with Crippen molar-refractivity contribution in [2.75, 3.05) is 26.4 Å². The summed E-state index contributed by atoms with van der Waals surface area (Å²) in [5.74, 6) is 1.67. The number of hydrogen-bond acceptors (Lipinski definition) is 4.